The average Bonchev–Trinajstić information content (AvgIpc) is 2.79. The molecule has 1 aliphatic carbocycles. The Hall–Kier alpha value is -1.54. The Morgan fingerprint density at radius 2 is 2.06 bits per heavy atom. The number of nitrogens with two attached hydrogens (primary N) is 1. The van der Waals surface area contributed by atoms with E-state index in [4.69, 9.17) is 10.2 Å². The van der Waals surface area contributed by atoms with Crippen LogP contribution in [0.2, 0.25) is 0 Å². The Bertz CT molecular complexity index is 485. The number of rotatable bonds is 3. The molecule has 2 nitrogen and oxygen atoms in total. The topological polar surface area (TPSA) is 39.2 Å². The van der Waals surface area contributed by atoms with Gasteiger partial charge in [0.05, 0.1) is 12.3 Å². The molecule has 1 aliphatic rings. The molecule has 0 spiro atoms. The highest BCUT2D eigenvalue weighted by Crippen LogP contribution is 2.37. The molecular weight excluding hydrogens is 210 g/mol. The summed E-state index contributed by atoms with van der Waals surface area (Å²) in [7, 11) is 0. The van der Waals surface area contributed by atoms with Gasteiger partial charge in [0, 0.05) is 0 Å². The fraction of sp³-hybridized carbons (Fsp3) is 0.333. The van der Waals surface area contributed by atoms with Crippen LogP contribution in [0.4, 0.5) is 0 Å². The Morgan fingerprint density at radius 1 is 1.18 bits per heavy atom. The maximum atomic E-state index is 6.20. The molecule has 88 valence electrons. The highest BCUT2D eigenvalue weighted by atomic mass is 16.3. The zero-order chi connectivity index (χ0) is 11.7. The van der Waals surface area contributed by atoms with E-state index < -0.39 is 0 Å². The quantitative estimate of drug-likeness (QED) is 0.870. The molecule has 1 unspecified atom stereocenters. The Kier molecular flexibility index (Phi) is 2.73. The van der Waals surface area contributed by atoms with Crippen molar-refractivity contribution >= 4 is 0 Å². The van der Waals surface area contributed by atoms with Crippen LogP contribution in [-0.4, -0.2) is 0 Å². The van der Waals surface area contributed by atoms with E-state index in [9.17, 15) is 0 Å². The summed E-state index contributed by atoms with van der Waals surface area (Å²) < 4.78 is 5.37. The third-order valence-electron chi connectivity index (χ3n) is 3.70. The van der Waals surface area contributed by atoms with Crippen molar-refractivity contribution < 1.29 is 4.42 Å². The van der Waals surface area contributed by atoms with Gasteiger partial charge in [-0.25, -0.2) is 0 Å². The fourth-order valence-corrected chi connectivity index (χ4v) is 2.38. The second kappa shape index (κ2) is 4.38. The minimum absolute atomic E-state index is 0.148. The summed E-state index contributed by atoms with van der Waals surface area (Å²) in [6, 6.07) is 12.3. The van der Waals surface area contributed by atoms with Gasteiger partial charge in [-0.05, 0) is 42.0 Å². The average molecular weight is 227 g/mol. The van der Waals surface area contributed by atoms with Crippen molar-refractivity contribution in [3.05, 3.63) is 59.5 Å². The summed E-state index contributed by atoms with van der Waals surface area (Å²) in [5, 5.41) is 0. The van der Waals surface area contributed by atoms with Crippen LogP contribution in [0.5, 0.6) is 0 Å². The Morgan fingerprint density at radius 3 is 2.71 bits per heavy atom. The van der Waals surface area contributed by atoms with Crippen molar-refractivity contribution in [3.63, 3.8) is 0 Å². The normalized spacial score (nSPS) is 17.7. The van der Waals surface area contributed by atoms with Crippen molar-refractivity contribution in [1.82, 2.24) is 0 Å². The third kappa shape index (κ3) is 2.01. The first-order valence-electron chi connectivity index (χ1n) is 6.23. The number of furan rings is 1. The van der Waals surface area contributed by atoms with Crippen LogP contribution < -0.4 is 5.73 Å². The van der Waals surface area contributed by atoms with Gasteiger partial charge in [-0.1, -0.05) is 30.7 Å². The molecule has 3 rings (SSSR count). The van der Waals surface area contributed by atoms with Crippen LogP contribution >= 0.6 is 0 Å². The van der Waals surface area contributed by atoms with Crippen LogP contribution in [-0.2, 0) is 0 Å². The molecule has 0 aliphatic heterocycles. The molecule has 1 saturated carbocycles. The first kappa shape index (κ1) is 10.6. The van der Waals surface area contributed by atoms with Gasteiger partial charge >= 0.3 is 0 Å². The van der Waals surface area contributed by atoms with Crippen LogP contribution in [0.15, 0.2) is 47.1 Å². The molecule has 0 amide bonds. The van der Waals surface area contributed by atoms with E-state index in [0.717, 1.165) is 17.2 Å². The molecule has 2 N–H and O–H groups in total. The molecule has 1 aromatic heterocycles. The monoisotopic (exact) mass is 227 g/mol. The highest BCUT2D eigenvalue weighted by molar-refractivity contribution is 5.32. The zero-order valence-corrected chi connectivity index (χ0v) is 9.80. The van der Waals surface area contributed by atoms with E-state index in [0.29, 0.717) is 0 Å². The Labute approximate surface area is 101 Å². The van der Waals surface area contributed by atoms with Crippen molar-refractivity contribution in [3.8, 4) is 0 Å². The molecule has 2 aromatic rings. The van der Waals surface area contributed by atoms with Gasteiger partial charge in [0.2, 0.25) is 0 Å². The van der Waals surface area contributed by atoms with Crippen molar-refractivity contribution in [1.29, 1.82) is 0 Å². The predicted octanol–water partition coefficient (Wildman–Crippen LogP) is 3.60. The second-order valence-corrected chi connectivity index (χ2v) is 4.79. The lowest BCUT2D eigenvalue weighted by molar-refractivity contribution is 0.419. The van der Waals surface area contributed by atoms with Crippen molar-refractivity contribution in [2.45, 2.75) is 31.2 Å². The minimum atomic E-state index is -0.148. The molecule has 1 atom stereocenters. The van der Waals surface area contributed by atoms with E-state index in [1.54, 1.807) is 6.26 Å². The maximum Gasteiger partial charge on any atom is 0.124 e. The van der Waals surface area contributed by atoms with Gasteiger partial charge in [-0.3, -0.25) is 0 Å². The van der Waals surface area contributed by atoms with Gasteiger partial charge in [0.1, 0.15) is 5.76 Å². The first-order valence-corrected chi connectivity index (χ1v) is 6.23. The molecule has 2 heteroatoms. The fourth-order valence-electron chi connectivity index (χ4n) is 2.38. The summed E-state index contributed by atoms with van der Waals surface area (Å²) in [6.07, 6.45) is 5.67. The van der Waals surface area contributed by atoms with Crippen LogP contribution in [0.25, 0.3) is 0 Å². The molecule has 1 fully saturated rings. The van der Waals surface area contributed by atoms with Gasteiger partial charge in [-0.15, -0.1) is 0 Å². The Balaban J connectivity index is 1.87. The van der Waals surface area contributed by atoms with E-state index in [-0.39, 0.29) is 6.04 Å². The van der Waals surface area contributed by atoms with Crippen LogP contribution in [0, 0.1) is 0 Å². The number of hydrogen-bond donors (Lipinski definition) is 1. The standard InChI is InChI=1S/C15H17NO/c16-15(14-8-3-9-17-14)13-7-2-6-12(10-13)11-4-1-5-11/h2-3,6-11,15H,1,4-5,16H2. The zero-order valence-electron chi connectivity index (χ0n) is 9.80. The minimum Gasteiger partial charge on any atom is -0.467 e. The molecular formula is C15H17NO. The molecule has 0 bridgehead atoms. The molecule has 17 heavy (non-hydrogen) atoms. The molecule has 1 aromatic carbocycles. The summed E-state index contributed by atoms with van der Waals surface area (Å²) in [5.41, 5.74) is 8.77. The van der Waals surface area contributed by atoms with Crippen LogP contribution in [0.1, 0.15) is 48.1 Å². The maximum absolute atomic E-state index is 6.20. The van der Waals surface area contributed by atoms with Crippen LogP contribution in [0.3, 0.4) is 0 Å². The summed E-state index contributed by atoms with van der Waals surface area (Å²) in [5.74, 6) is 1.58. The first-order chi connectivity index (χ1) is 8.34. The smallest absolute Gasteiger partial charge is 0.124 e. The number of benzene rings is 1. The van der Waals surface area contributed by atoms with Gasteiger partial charge in [0.25, 0.3) is 0 Å². The van der Waals surface area contributed by atoms with Crippen molar-refractivity contribution in [2.24, 2.45) is 5.73 Å². The third-order valence-corrected chi connectivity index (χ3v) is 3.70. The lowest BCUT2D eigenvalue weighted by Gasteiger charge is -2.26. The van der Waals surface area contributed by atoms with E-state index in [1.165, 1.54) is 24.8 Å². The summed E-state index contributed by atoms with van der Waals surface area (Å²) >= 11 is 0. The van der Waals surface area contributed by atoms with E-state index in [2.05, 4.69) is 24.3 Å². The molecule has 0 radical (unpaired) electrons. The van der Waals surface area contributed by atoms with Gasteiger partial charge in [0.15, 0.2) is 0 Å². The molecule has 1 heterocycles. The second-order valence-electron chi connectivity index (χ2n) is 4.79. The van der Waals surface area contributed by atoms with Gasteiger partial charge < -0.3 is 10.2 Å². The summed E-state index contributed by atoms with van der Waals surface area (Å²) in [4.78, 5) is 0. The lowest BCUT2D eigenvalue weighted by atomic mass is 9.79. The van der Waals surface area contributed by atoms with Crippen molar-refractivity contribution in [2.75, 3.05) is 0 Å². The molecule has 0 saturated heterocycles. The van der Waals surface area contributed by atoms with E-state index >= 15 is 0 Å². The van der Waals surface area contributed by atoms with Gasteiger partial charge in [-0.2, -0.15) is 0 Å². The number of hydrogen-bond acceptors (Lipinski definition) is 2. The lowest BCUT2D eigenvalue weighted by Crippen LogP contribution is -2.13. The predicted molar refractivity (Wildman–Crippen MR) is 67.8 cm³/mol. The largest absolute Gasteiger partial charge is 0.467 e. The van der Waals surface area contributed by atoms with E-state index in [1.807, 2.05) is 12.1 Å². The highest BCUT2D eigenvalue weighted by Gasteiger charge is 2.20. The SMILES string of the molecule is NC(c1cccc(C2CCC2)c1)c1ccco1. The summed E-state index contributed by atoms with van der Waals surface area (Å²) in [6.45, 7) is 0.